The van der Waals surface area contributed by atoms with Crippen molar-refractivity contribution < 1.29 is 14.5 Å². The molecular formula is C12H17N3O4. The molecule has 0 atom stereocenters. The van der Waals surface area contributed by atoms with E-state index in [0.717, 1.165) is 0 Å². The van der Waals surface area contributed by atoms with Crippen molar-refractivity contribution in [2.45, 2.75) is 6.54 Å². The molecule has 0 aliphatic carbocycles. The quantitative estimate of drug-likeness (QED) is 0.441. The van der Waals surface area contributed by atoms with Crippen LogP contribution in [0.4, 0.5) is 5.69 Å². The van der Waals surface area contributed by atoms with Gasteiger partial charge in [0.05, 0.1) is 11.5 Å². The Labute approximate surface area is 111 Å². The maximum absolute atomic E-state index is 11.7. The molecule has 0 unspecified atom stereocenters. The zero-order chi connectivity index (χ0) is 14.3. The van der Waals surface area contributed by atoms with E-state index in [-0.39, 0.29) is 18.2 Å². The van der Waals surface area contributed by atoms with Crippen LogP contribution >= 0.6 is 0 Å². The number of hydrogen-bond acceptors (Lipinski definition) is 5. The number of nitrogens with zero attached hydrogens (tertiary/aromatic N) is 2. The molecule has 7 heteroatoms. The number of non-ortho nitro benzene ring substituents is 1. The molecule has 1 rings (SSSR count). The first kappa shape index (κ1) is 15.1. The van der Waals surface area contributed by atoms with E-state index in [1.807, 2.05) is 0 Å². The molecule has 104 valence electrons. The number of nitro benzene ring substituents is 1. The van der Waals surface area contributed by atoms with E-state index in [1.165, 1.54) is 17.0 Å². The summed E-state index contributed by atoms with van der Waals surface area (Å²) in [5.41, 5.74) is 5.96. The fourth-order valence-electron chi connectivity index (χ4n) is 1.48. The van der Waals surface area contributed by atoms with Crippen LogP contribution < -0.4 is 5.73 Å². The number of amides is 1. The second kappa shape index (κ2) is 7.45. The Bertz CT molecular complexity index is 450. The summed E-state index contributed by atoms with van der Waals surface area (Å²) in [6.45, 7) is 0.952. The molecule has 0 spiro atoms. The van der Waals surface area contributed by atoms with E-state index < -0.39 is 4.92 Å². The lowest BCUT2D eigenvalue weighted by atomic mass is 10.2. The molecule has 0 saturated heterocycles. The number of likely N-dealkylation sites (N-methyl/N-ethyl adjacent to an activating group) is 1. The lowest BCUT2D eigenvalue weighted by molar-refractivity contribution is -0.384. The molecule has 0 aliphatic heterocycles. The van der Waals surface area contributed by atoms with Gasteiger partial charge in [-0.2, -0.15) is 0 Å². The Morgan fingerprint density at radius 3 is 2.89 bits per heavy atom. The maximum atomic E-state index is 11.7. The highest BCUT2D eigenvalue weighted by molar-refractivity contribution is 5.77. The average molecular weight is 267 g/mol. The van der Waals surface area contributed by atoms with Gasteiger partial charge in [-0.1, -0.05) is 12.1 Å². The normalized spacial score (nSPS) is 10.2. The number of carbonyl (C=O) groups is 1. The predicted molar refractivity (Wildman–Crippen MR) is 69.4 cm³/mol. The molecule has 0 saturated carbocycles. The first-order valence-electron chi connectivity index (χ1n) is 5.79. The molecule has 1 amide bonds. The number of rotatable bonds is 7. The smallest absolute Gasteiger partial charge is 0.269 e. The van der Waals surface area contributed by atoms with Gasteiger partial charge in [-0.3, -0.25) is 14.9 Å². The topological polar surface area (TPSA) is 98.7 Å². The third-order valence-electron chi connectivity index (χ3n) is 2.45. The van der Waals surface area contributed by atoms with Gasteiger partial charge in [0.25, 0.3) is 5.69 Å². The summed E-state index contributed by atoms with van der Waals surface area (Å²) in [7, 11) is 1.62. The number of hydrogen-bond donors (Lipinski definition) is 1. The van der Waals surface area contributed by atoms with Crippen molar-refractivity contribution in [1.29, 1.82) is 0 Å². The van der Waals surface area contributed by atoms with Crippen LogP contribution in [0.15, 0.2) is 24.3 Å². The van der Waals surface area contributed by atoms with Crippen LogP contribution in [0.2, 0.25) is 0 Å². The van der Waals surface area contributed by atoms with E-state index in [9.17, 15) is 14.9 Å². The molecule has 2 N–H and O–H groups in total. The molecule has 0 heterocycles. The largest absolute Gasteiger partial charge is 0.370 e. The second-order valence-corrected chi connectivity index (χ2v) is 4.02. The van der Waals surface area contributed by atoms with E-state index in [1.54, 1.807) is 19.2 Å². The van der Waals surface area contributed by atoms with E-state index in [0.29, 0.717) is 25.3 Å². The first-order chi connectivity index (χ1) is 9.04. The Hall–Kier alpha value is -1.99. The number of ether oxygens (including phenoxy) is 1. The summed E-state index contributed by atoms with van der Waals surface area (Å²) in [4.78, 5) is 23.3. The fourth-order valence-corrected chi connectivity index (χ4v) is 1.48. The maximum Gasteiger partial charge on any atom is 0.269 e. The SMILES string of the molecule is CN(Cc1cccc([N+](=O)[O-])c1)C(=O)COCCN. The average Bonchev–Trinajstić information content (AvgIpc) is 2.39. The number of carbonyl (C=O) groups excluding carboxylic acids is 1. The van der Waals surface area contributed by atoms with E-state index >= 15 is 0 Å². The molecule has 19 heavy (non-hydrogen) atoms. The molecule has 0 radical (unpaired) electrons. The summed E-state index contributed by atoms with van der Waals surface area (Å²) in [5, 5.41) is 10.6. The van der Waals surface area contributed by atoms with Crippen molar-refractivity contribution in [3.8, 4) is 0 Å². The lowest BCUT2D eigenvalue weighted by Gasteiger charge is -2.17. The fraction of sp³-hybridized carbons (Fsp3) is 0.417. The molecule has 1 aromatic rings. The second-order valence-electron chi connectivity index (χ2n) is 4.02. The van der Waals surface area contributed by atoms with Gasteiger partial charge in [0.1, 0.15) is 6.61 Å². The van der Waals surface area contributed by atoms with Gasteiger partial charge < -0.3 is 15.4 Å². The summed E-state index contributed by atoms with van der Waals surface area (Å²) < 4.78 is 5.04. The van der Waals surface area contributed by atoms with Crippen molar-refractivity contribution in [2.24, 2.45) is 5.73 Å². The predicted octanol–water partition coefficient (Wildman–Crippen LogP) is 0.529. The van der Waals surface area contributed by atoms with Crippen LogP contribution in [0.3, 0.4) is 0 Å². The van der Waals surface area contributed by atoms with Crippen LogP contribution in [-0.2, 0) is 16.1 Å². The van der Waals surface area contributed by atoms with Crippen molar-refractivity contribution in [3.63, 3.8) is 0 Å². The van der Waals surface area contributed by atoms with E-state index in [4.69, 9.17) is 10.5 Å². The van der Waals surface area contributed by atoms with Gasteiger partial charge >= 0.3 is 0 Å². The zero-order valence-corrected chi connectivity index (χ0v) is 10.7. The molecular weight excluding hydrogens is 250 g/mol. The summed E-state index contributed by atoms with van der Waals surface area (Å²) in [6, 6.07) is 6.19. The lowest BCUT2D eigenvalue weighted by Crippen LogP contribution is -2.30. The van der Waals surface area contributed by atoms with Crippen LogP contribution in [0.5, 0.6) is 0 Å². The van der Waals surface area contributed by atoms with E-state index in [2.05, 4.69) is 0 Å². The van der Waals surface area contributed by atoms with Crippen molar-refractivity contribution in [2.75, 3.05) is 26.8 Å². The third kappa shape index (κ3) is 5.02. The minimum Gasteiger partial charge on any atom is -0.370 e. The molecule has 0 aromatic heterocycles. The Morgan fingerprint density at radius 2 is 2.26 bits per heavy atom. The first-order valence-corrected chi connectivity index (χ1v) is 5.79. The minimum atomic E-state index is -0.463. The Morgan fingerprint density at radius 1 is 1.53 bits per heavy atom. The van der Waals surface area contributed by atoms with Crippen molar-refractivity contribution >= 4 is 11.6 Å². The van der Waals surface area contributed by atoms with Crippen LogP contribution in [-0.4, -0.2) is 42.5 Å². The van der Waals surface area contributed by atoms with Crippen molar-refractivity contribution in [1.82, 2.24) is 4.90 Å². The number of nitro groups is 1. The van der Waals surface area contributed by atoms with Crippen molar-refractivity contribution in [3.05, 3.63) is 39.9 Å². The van der Waals surface area contributed by atoms with Gasteiger partial charge in [-0.25, -0.2) is 0 Å². The molecule has 0 aliphatic rings. The zero-order valence-electron chi connectivity index (χ0n) is 10.7. The molecule has 0 fully saturated rings. The van der Waals surface area contributed by atoms with Gasteiger partial charge in [-0.15, -0.1) is 0 Å². The highest BCUT2D eigenvalue weighted by Gasteiger charge is 2.11. The highest BCUT2D eigenvalue weighted by Crippen LogP contribution is 2.14. The van der Waals surface area contributed by atoms with Gasteiger partial charge in [-0.05, 0) is 5.56 Å². The van der Waals surface area contributed by atoms with Gasteiger partial charge in [0.2, 0.25) is 5.91 Å². The van der Waals surface area contributed by atoms with Crippen LogP contribution in [0.25, 0.3) is 0 Å². The Balaban J connectivity index is 2.56. The minimum absolute atomic E-state index is 0.0118. The van der Waals surface area contributed by atoms with Gasteiger partial charge in [0.15, 0.2) is 0 Å². The highest BCUT2D eigenvalue weighted by atomic mass is 16.6. The van der Waals surface area contributed by atoms with Crippen LogP contribution in [0.1, 0.15) is 5.56 Å². The number of benzene rings is 1. The molecule has 1 aromatic carbocycles. The summed E-state index contributed by atoms with van der Waals surface area (Å²) in [6.07, 6.45) is 0. The summed E-state index contributed by atoms with van der Waals surface area (Å²) in [5.74, 6) is -0.194. The molecule has 0 bridgehead atoms. The van der Waals surface area contributed by atoms with Crippen LogP contribution in [0, 0.1) is 10.1 Å². The third-order valence-corrected chi connectivity index (χ3v) is 2.45. The molecule has 7 nitrogen and oxygen atoms in total. The Kier molecular flexibility index (Phi) is 5.91. The monoisotopic (exact) mass is 267 g/mol. The standard InChI is InChI=1S/C12H17N3O4/c1-14(12(16)9-19-6-5-13)8-10-3-2-4-11(7-10)15(17)18/h2-4,7H,5-6,8-9,13H2,1H3. The summed E-state index contributed by atoms with van der Waals surface area (Å²) >= 11 is 0. The van der Waals surface area contributed by atoms with Gasteiger partial charge in [0, 0.05) is 32.3 Å². The number of nitrogens with two attached hydrogens (primary N) is 1.